The van der Waals surface area contributed by atoms with E-state index in [1.165, 1.54) is 17.0 Å². The van der Waals surface area contributed by atoms with Gasteiger partial charge in [0.2, 0.25) is 11.8 Å². The van der Waals surface area contributed by atoms with Crippen molar-refractivity contribution in [3.63, 3.8) is 0 Å². The minimum atomic E-state index is -0.657. The first-order valence-corrected chi connectivity index (χ1v) is 10.5. The maximum atomic E-state index is 13.3. The first-order chi connectivity index (χ1) is 15.1. The van der Waals surface area contributed by atoms with Gasteiger partial charge in [-0.1, -0.05) is 30.4 Å². The van der Waals surface area contributed by atoms with Crippen molar-refractivity contribution in [3.05, 3.63) is 71.8 Å². The molecule has 31 heavy (non-hydrogen) atoms. The van der Waals surface area contributed by atoms with Gasteiger partial charge in [0.15, 0.2) is 6.29 Å². The molecule has 2 aromatic rings. The van der Waals surface area contributed by atoms with Crippen LogP contribution in [0.25, 0.3) is 0 Å². The fourth-order valence-corrected chi connectivity index (χ4v) is 5.81. The Hall–Kier alpha value is -3.54. The summed E-state index contributed by atoms with van der Waals surface area (Å²) in [5.74, 6) is -0.0522. The van der Waals surface area contributed by atoms with Crippen molar-refractivity contribution in [2.45, 2.75) is 6.42 Å². The normalized spacial score (nSPS) is 31.9. The van der Waals surface area contributed by atoms with Gasteiger partial charge in [-0.3, -0.25) is 14.4 Å². The Labute approximate surface area is 178 Å². The number of allylic oxidation sites excluding steroid dienone is 2. The van der Waals surface area contributed by atoms with Crippen molar-refractivity contribution in [3.8, 4) is 5.75 Å². The van der Waals surface area contributed by atoms with E-state index in [1.54, 1.807) is 36.4 Å². The molecule has 7 rings (SSSR count). The number of nitrogens with zero attached hydrogens (tertiary/aromatic N) is 1. The molecule has 154 valence electrons. The van der Waals surface area contributed by atoms with E-state index in [-0.39, 0.29) is 52.4 Å². The molecule has 0 unspecified atom stereocenters. The van der Waals surface area contributed by atoms with Crippen molar-refractivity contribution in [2.75, 3.05) is 4.90 Å². The van der Waals surface area contributed by atoms with E-state index in [0.717, 1.165) is 6.42 Å². The zero-order valence-corrected chi connectivity index (χ0v) is 16.5. The number of para-hydroxylation sites is 1. The second-order valence-corrected chi connectivity index (χ2v) is 8.76. The molecule has 0 N–H and O–H groups in total. The standard InChI is InChI=1S/C25H19NO5/c27-12-14-4-1-2-7-20(14)31-25(30)13-5-3-6-15(10-13)26-23(28)21-16-8-9-17(19-11-18(16)19)22(21)24(26)29/h1-10,12,16-19,21-22H,11H2/t16-,17-,18-,19-,21+,22+/m1/s1. The van der Waals surface area contributed by atoms with Crippen LogP contribution in [0.15, 0.2) is 60.7 Å². The van der Waals surface area contributed by atoms with Gasteiger partial charge in [0.25, 0.3) is 0 Å². The number of hydrogen-bond donors (Lipinski definition) is 0. The van der Waals surface area contributed by atoms with Crippen LogP contribution in [0.2, 0.25) is 0 Å². The number of benzene rings is 2. The summed E-state index contributed by atoms with van der Waals surface area (Å²) in [6, 6.07) is 12.8. The van der Waals surface area contributed by atoms with Gasteiger partial charge < -0.3 is 4.74 Å². The number of esters is 1. The van der Waals surface area contributed by atoms with E-state index in [4.69, 9.17) is 4.74 Å². The average Bonchev–Trinajstić information content (AvgIpc) is 3.57. The predicted molar refractivity (Wildman–Crippen MR) is 110 cm³/mol. The van der Waals surface area contributed by atoms with Gasteiger partial charge in [0.05, 0.1) is 28.7 Å². The summed E-state index contributed by atoms with van der Waals surface area (Å²) in [5, 5.41) is 0. The van der Waals surface area contributed by atoms with Gasteiger partial charge in [-0.15, -0.1) is 0 Å². The molecule has 0 spiro atoms. The van der Waals surface area contributed by atoms with Crippen LogP contribution >= 0.6 is 0 Å². The first-order valence-electron chi connectivity index (χ1n) is 10.5. The molecule has 2 amide bonds. The Bertz CT molecular complexity index is 1150. The second kappa shape index (κ2) is 6.48. The fourth-order valence-electron chi connectivity index (χ4n) is 5.81. The number of anilines is 1. The van der Waals surface area contributed by atoms with Crippen LogP contribution in [0.1, 0.15) is 27.1 Å². The predicted octanol–water partition coefficient (Wildman–Crippen LogP) is 3.28. The molecule has 2 bridgehead atoms. The number of imide groups is 1. The third kappa shape index (κ3) is 2.57. The summed E-state index contributed by atoms with van der Waals surface area (Å²) in [6.07, 6.45) is 5.99. The van der Waals surface area contributed by atoms with E-state index in [2.05, 4.69) is 12.2 Å². The highest BCUT2D eigenvalue weighted by Gasteiger charge is 2.67. The number of amides is 2. The van der Waals surface area contributed by atoms with Crippen LogP contribution in [0.4, 0.5) is 5.69 Å². The number of aldehydes is 1. The highest BCUT2D eigenvalue weighted by atomic mass is 16.5. The maximum absolute atomic E-state index is 13.3. The van der Waals surface area contributed by atoms with Gasteiger partial charge in [-0.05, 0) is 60.4 Å². The van der Waals surface area contributed by atoms with Gasteiger partial charge in [0.1, 0.15) is 5.75 Å². The van der Waals surface area contributed by atoms with Crippen molar-refractivity contribution in [2.24, 2.45) is 35.5 Å². The molecule has 6 nitrogen and oxygen atoms in total. The van der Waals surface area contributed by atoms with Crippen LogP contribution in [0, 0.1) is 35.5 Å². The summed E-state index contributed by atoms with van der Waals surface area (Å²) >= 11 is 0. The van der Waals surface area contributed by atoms with Crippen LogP contribution in [0.5, 0.6) is 5.75 Å². The highest BCUT2D eigenvalue weighted by Crippen LogP contribution is 2.65. The summed E-state index contributed by atoms with van der Waals surface area (Å²) in [7, 11) is 0. The van der Waals surface area contributed by atoms with E-state index < -0.39 is 5.97 Å². The Kier molecular flexibility index (Phi) is 3.81. The minimum Gasteiger partial charge on any atom is -0.422 e. The van der Waals surface area contributed by atoms with Gasteiger partial charge in [-0.25, -0.2) is 9.69 Å². The number of rotatable bonds is 4. The molecule has 2 saturated carbocycles. The van der Waals surface area contributed by atoms with Crippen LogP contribution in [-0.2, 0) is 9.59 Å². The van der Waals surface area contributed by atoms with Crippen molar-refractivity contribution < 1.29 is 23.9 Å². The summed E-state index contributed by atoms with van der Waals surface area (Å²) in [6.45, 7) is 0. The van der Waals surface area contributed by atoms with Gasteiger partial charge in [0, 0.05) is 0 Å². The van der Waals surface area contributed by atoms with E-state index in [1.807, 2.05) is 0 Å². The zero-order valence-electron chi connectivity index (χ0n) is 16.5. The molecule has 1 saturated heterocycles. The number of ether oxygens (including phenoxy) is 1. The molecule has 3 fully saturated rings. The summed E-state index contributed by atoms with van der Waals surface area (Å²) in [4.78, 5) is 51.7. The third-order valence-corrected chi connectivity index (χ3v) is 7.25. The molecule has 2 aromatic carbocycles. The Morgan fingerprint density at radius 1 is 0.935 bits per heavy atom. The van der Waals surface area contributed by atoms with Crippen molar-refractivity contribution in [1.82, 2.24) is 0 Å². The molecule has 5 aliphatic rings. The molecule has 0 radical (unpaired) electrons. The third-order valence-electron chi connectivity index (χ3n) is 7.25. The van der Waals surface area contributed by atoms with E-state index in [0.29, 0.717) is 23.8 Å². The molecule has 6 atom stereocenters. The van der Waals surface area contributed by atoms with Crippen LogP contribution < -0.4 is 9.64 Å². The van der Waals surface area contributed by atoms with Gasteiger partial charge in [-0.2, -0.15) is 0 Å². The van der Waals surface area contributed by atoms with Gasteiger partial charge >= 0.3 is 5.97 Å². The zero-order chi connectivity index (χ0) is 21.3. The highest BCUT2D eigenvalue weighted by molar-refractivity contribution is 6.23. The molecule has 0 aromatic heterocycles. The van der Waals surface area contributed by atoms with Crippen LogP contribution in [-0.4, -0.2) is 24.1 Å². The first kappa shape index (κ1) is 18.2. The van der Waals surface area contributed by atoms with E-state index in [9.17, 15) is 19.2 Å². The van der Waals surface area contributed by atoms with E-state index >= 15 is 0 Å². The Morgan fingerprint density at radius 2 is 1.61 bits per heavy atom. The summed E-state index contributed by atoms with van der Waals surface area (Å²) < 4.78 is 5.38. The topological polar surface area (TPSA) is 80.8 Å². The number of carbonyl (C=O) groups excluding carboxylic acids is 4. The minimum absolute atomic E-state index is 0.148. The molecule has 6 heteroatoms. The average molecular weight is 413 g/mol. The van der Waals surface area contributed by atoms with Crippen molar-refractivity contribution in [1.29, 1.82) is 0 Å². The number of carbonyl (C=O) groups is 4. The lowest BCUT2D eigenvalue weighted by molar-refractivity contribution is -0.124. The molecule has 1 heterocycles. The lowest BCUT2D eigenvalue weighted by Gasteiger charge is -2.37. The SMILES string of the molecule is O=Cc1ccccc1OC(=O)c1cccc(N2C(=O)[C@H]3[C@@H]4C=C[C@H]([C@H]5C[C@H]45)[C@@H]3C2=O)c1. The smallest absolute Gasteiger partial charge is 0.343 e. The fraction of sp³-hybridized carbons (Fsp3) is 0.280. The van der Waals surface area contributed by atoms with Crippen molar-refractivity contribution >= 4 is 29.8 Å². The Balaban J connectivity index is 1.29. The monoisotopic (exact) mass is 413 g/mol. The molecular formula is C25H19NO5. The number of hydrogen-bond acceptors (Lipinski definition) is 5. The molecule has 1 aliphatic heterocycles. The lowest BCUT2D eigenvalue weighted by atomic mass is 9.63. The Morgan fingerprint density at radius 3 is 2.29 bits per heavy atom. The lowest BCUT2D eigenvalue weighted by Crippen LogP contribution is -2.40. The van der Waals surface area contributed by atoms with Crippen LogP contribution in [0.3, 0.4) is 0 Å². The summed E-state index contributed by atoms with van der Waals surface area (Å²) in [5.41, 5.74) is 0.857. The molecule has 4 aliphatic carbocycles. The quantitative estimate of drug-likeness (QED) is 0.253. The maximum Gasteiger partial charge on any atom is 0.343 e. The largest absolute Gasteiger partial charge is 0.422 e. The second-order valence-electron chi connectivity index (χ2n) is 8.76. The molecular weight excluding hydrogens is 394 g/mol.